The van der Waals surface area contributed by atoms with E-state index in [2.05, 4.69) is 15.6 Å². The monoisotopic (exact) mass is 250 g/mol. The lowest BCUT2D eigenvalue weighted by Gasteiger charge is -2.17. The molecule has 2 N–H and O–H groups in total. The Hall–Kier alpha value is -1.36. The van der Waals surface area contributed by atoms with Crippen molar-refractivity contribution in [2.45, 2.75) is 45.2 Å². The van der Waals surface area contributed by atoms with Crippen molar-refractivity contribution in [1.29, 1.82) is 0 Å². The number of rotatable bonds is 3. The lowest BCUT2D eigenvalue weighted by Crippen LogP contribution is -2.30. The molecule has 0 aromatic carbocycles. The van der Waals surface area contributed by atoms with E-state index in [0.29, 0.717) is 11.9 Å². The van der Waals surface area contributed by atoms with Crippen molar-refractivity contribution >= 4 is 5.82 Å². The van der Waals surface area contributed by atoms with E-state index in [1.54, 1.807) is 17.0 Å². The Balaban J connectivity index is 2.13. The molecule has 100 valence electrons. The Morgan fingerprint density at radius 3 is 3.06 bits per heavy atom. The first-order valence-corrected chi connectivity index (χ1v) is 6.73. The SMILES string of the molecule is CC(C)n1ccnc(NC2CCCNCC2)c1=O. The van der Waals surface area contributed by atoms with Crippen LogP contribution in [0.4, 0.5) is 5.82 Å². The van der Waals surface area contributed by atoms with Crippen molar-refractivity contribution in [1.82, 2.24) is 14.9 Å². The normalized spacial score (nSPS) is 20.7. The van der Waals surface area contributed by atoms with Crippen molar-refractivity contribution in [3.63, 3.8) is 0 Å². The fraction of sp³-hybridized carbons (Fsp3) is 0.692. The van der Waals surface area contributed by atoms with E-state index < -0.39 is 0 Å². The molecule has 0 saturated carbocycles. The van der Waals surface area contributed by atoms with Crippen molar-refractivity contribution in [3.05, 3.63) is 22.7 Å². The molecule has 1 unspecified atom stereocenters. The highest BCUT2D eigenvalue weighted by Crippen LogP contribution is 2.10. The van der Waals surface area contributed by atoms with Gasteiger partial charge in [-0.15, -0.1) is 0 Å². The van der Waals surface area contributed by atoms with Crippen molar-refractivity contribution < 1.29 is 0 Å². The van der Waals surface area contributed by atoms with Gasteiger partial charge >= 0.3 is 0 Å². The van der Waals surface area contributed by atoms with Gasteiger partial charge in [-0.25, -0.2) is 4.98 Å². The van der Waals surface area contributed by atoms with Crippen LogP contribution < -0.4 is 16.2 Å². The van der Waals surface area contributed by atoms with Gasteiger partial charge in [-0.05, 0) is 46.2 Å². The molecule has 2 heterocycles. The second kappa shape index (κ2) is 6.00. The van der Waals surface area contributed by atoms with Gasteiger partial charge in [0.05, 0.1) is 0 Å². The molecular weight excluding hydrogens is 228 g/mol. The maximum Gasteiger partial charge on any atom is 0.293 e. The van der Waals surface area contributed by atoms with Gasteiger partial charge in [0.15, 0.2) is 5.82 Å². The first-order valence-electron chi connectivity index (χ1n) is 6.73. The highest BCUT2D eigenvalue weighted by atomic mass is 16.1. The minimum Gasteiger partial charge on any atom is -0.363 e. The fourth-order valence-electron chi connectivity index (χ4n) is 2.29. The predicted molar refractivity (Wildman–Crippen MR) is 73.0 cm³/mol. The van der Waals surface area contributed by atoms with Crippen LogP contribution in [-0.4, -0.2) is 28.7 Å². The molecule has 0 bridgehead atoms. The van der Waals surface area contributed by atoms with E-state index in [9.17, 15) is 4.79 Å². The predicted octanol–water partition coefficient (Wildman–Crippen LogP) is 1.38. The van der Waals surface area contributed by atoms with E-state index >= 15 is 0 Å². The van der Waals surface area contributed by atoms with Crippen LogP contribution in [0.5, 0.6) is 0 Å². The molecule has 1 aromatic heterocycles. The Morgan fingerprint density at radius 2 is 2.28 bits per heavy atom. The van der Waals surface area contributed by atoms with E-state index in [4.69, 9.17) is 0 Å². The first kappa shape index (κ1) is 13.1. The summed E-state index contributed by atoms with van der Waals surface area (Å²) in [6, 6.07) is 0.514. The molecule has 18 heavy (non-hydrogen) atoms. The third-order valence-electron chi connectivity index (χ3n) is 3.34. The van der Waals surface area contributed by atoms with Gasteiger partial charge in [0.2, 0.25) is 0 Å². The van der Waals surface area contributed by atoms with Crippen LogP contribution >= 0.6 is 0 Å². The van der Waals surface area contributed by atoms with Gasteiger partial charge in [-0.2, -0.15) is 0 Å². The molecule has 0 spiro atoms. The Morgan fingerprint density at radius 1 is 1.44 bits per heavy atom. The molecule has 1 aliphatic rings. The van der Waals surface area contributed by atoms with Crippen molar-refractivity contribution in [2.24, 2.45) is 0 Å². The first-order chi connectivity index (χ1) is 8.68. The van der Waals surface area contributed by atoms with Crippen molar-refractivity contribution in [3.8, 4) is 0 Å². The fourth-order valence-corrected chi connectivity index (χ4v) is 2.29. The number of nitrogens with zero attached hydrogens (tertiary/aromatic N) is 2. The molecule has 0 amide bonds. The third-order valence-corrected chi connectivity index (χ3v) is 3.34. The molecule has 0 radical (unpaired) electrons. The summed E-state index contributed by atoms with van der Waals surface area (Å²) >= 11 is 0. The summed E-state index contributed by atoms with van der Waals surface area (Å²) in [4.78, 5) is 16.4. The zero-order chi connectivity index (χ0) is 13.0. The zero-order valence-electron chi connectivity index (χ0n) is 11.1. The van der Waals surface area contributed by atoms with Crippen LogP contribution in [0.1, 0.15) is 39.2 Å². The molecule has 5 heteroatoms. The third kappa shape index (κ3) is 3.10. The van der Waals surface area contributed by atoms with Crippen LogP contribution in [0, 0.1) is 0 Å². The smallest absolute Gasteiger partial charge is 0.293 e. The average molecular weight is 250 g/mol. The highest BCUT2D eigenvalue weighted by Gasteiger charge is 2.14. The van der Waals surface area contributed by atoms with Gasteiger partial charge in [-0.3, -0.25) is 4.79 Å². The Kier molecular flexibility index (Phi) is 4.36. The number of hydrogen-bond donors (Lipinski definition) is 2. The average Bonchev–Trinajstić information content (AvgIpc) is 2.60. The molecule has 1 aliphatic heterocycles. The Labute approximate surface area is 108 Å². The molecule has 1 aromatic rings. The minimum absolute atomic E-state index is 0.0234. The van der Waals surface area contributed by atoms with E-state index in [-0.39, 0.29) is 11.6 Å². The second-order valence-electron chi connectivity index (χ2n) is 5.10. The second-order valence-corrected chi connectivity index (χ2v) is 5.10. The van der Waals surface area contributed by atoms with Crippen LogP contribution in [0.15, 0.2) is 17.2 Å². The number of aromatic nitrogens is 2. The van der Waals surface area contributed by atoms with Crippen molar-refractivity contribution in [2.75, 3.05) is 18.4 Å². The summed E-state index contributed by atoms with van der Waals surface area (Å²) in [6.07, 6.45) is 6.71. The summed E-state index contributed by atoms with van der Waals surface area (Å²) in [5, 5.41) is 6.66. The van der Waals surface area contributed by atoms with E-state index in [0.717, 1.165) is 32.4 Å². The summed E-state index contributed by atoms with van der Waals surface area (Å²) < 4.78 is 1.71. The van der Waals surface area contributed by atoms with Crippen LogP contribution in [0.3, 0.4) is 0 Å². The van der Waals surface area contributed by atoms with Gasteiger partial charge in [0, 0.05) is 24.5 Å². The lowest BCUT2D eigenvalue weighted by atomic mass is 10.1. The minimum atomic E-state index is -0.0234. The largest absolute Gasteiger partial charge is 0.363 e. The maximum atomic E-state index is 12.2. The van der Waals surface area contributed by atoms with Crippen LogP contribution in [0.2, 0.25) is 0 Å². The molecule has 1 saturated heterocycles. The topological polar surface area (TPSA) is 59.0 Å². The van der Waals surface area contributed by atoms with E-state index in [1.165, 1.54) is 0 Å². The summed E-state index contributed by atoms with van der Waals surface area (Å²) in [6.45, 7) is 6.07. The highest BCUT2D eigenvalue weighted by molar-refractivity contribution is 5.32. The lowest BCUT2D eigenvalue weighted by molar-refractivity contribution is 0.570. The number of anilines is 1. The van der Waals surface area contributed by atoms with Gasteiger partial charge < -0.3 is 15.2 Å². The standard InChI is InChI=1S/C13H22N4O/c1-10(2)17-9-8-15-12(13(17)18)16-11-4-3-6-14-7-5-11/h8-11,14H,3-7H2,1-2H3,(H,15,16). The molecule has 0 aliphatic carbocycles. The van der Waals surface area contributed by atoms with Crippen LogP contribution in [-0.2, 0) is 0 Å². The molecular formula is C13H22N4O. The Bertz CT molecular complexity index is 433. The van der Waals surface area contributed by atoms with Gasteiger partial charge in [0.1, 0.15) is 0 Å². The number of hydrogen-bond acceptors (Lipinski definition) is 4. The maximum absolute atomic E-state index is 12.2. The molecule has 5 nitrogen and oxygen atoms in total. The molecule has 1 fully saturated rings. The van der Waals surface area contributed by atoms with Gasteiger partial charge in [0.25, 0.3) is 5.56 Å². The van der Waals surface area contributed by atoms with E-state index in [1.807, 2.05) is 13.8 Å². The van der Waals surface area contributed by atoms with Crippen LogP contribution in [0.25, 0.3) is 0 Å². The van der Waals surface area contributed by atoms with Gasteiger partial charge in [-0.1, -0.05) is 0 Å². The quantitative estimate of drug-likeness (QED) is 0.851. The number of nitrogens with one attached hydrogen (secondary N) is 2. The molecule has 2 rings (SSSR count). The summed E-state index contributed by atoms with van der Waals surface area (Å²) in [7, 11) is 0. The summed E-state index contributed by atoms with van der Waals surface area (Å²) in [5.74, 6) is 0.484. The zero-order valence-corrected chi connectivity index (χ0v) is 11.1. The molecule has 1 atom stereocenters. The summed E-state index contributed by atoms with van der Waals surface area (Å²) in [5.41, 5.74) is -0.0234.